The number of aromatic nitrogens is 2. The molecule has 2 aliphatic rings. The third kappa shape index (κ3) is 5.08. The zero-order chi connectivity index (χ0) is 20.4. The van der Waals surface area contributed by atoms with Crippen LogP contribution in [0.2, 0.25) is 0 Å². The van der Waals surface area contributed by atoms with Crippen LogP contribution in [0, 0.1) is 6.92 Å². The molecule has 1 aromatic carbocycles. The van der Waals surface area contributed by atoms with Crippen molar-refractivity contribution in [1.82, 2.24) is 14.5 Å². The lowest BCUT2D eigenvalue weighted by Gasteiger charge is -2.35. The molecule has 29 heavy (non-hydrogen) atoms. The number of rotatable bonds is 6. The molecule has 1 aromatic heterocycles. The summed E-state index contributed by atoms with van der Waals surface area (Å²) < 4.78 is 34.8. The standard InChI is InChI=1S/C22H31N3O3S/c1-16-14-19-10-13-21(24-29(2,26)27)22(25(19)23-16)15-28-20-11-8-18(9-12-20)17-6-4-3-5-7-17/h3-7,14,18,20-22,24H,8-13,15H2,1-2H3/t18-,20+,21-,22-/m0/s1. The van der Waals surface area contributed by atoms with E-state index >= 15 is 0 Å². The largest absolute Gasteiger partial charge is 0.376 e. The van der Waals surface area contributed by atoms with E-state index in [1.165, 1.54) is 11.8 Å². The normalized spacial score (nSPS) is 27.5. The summed E-state index contributed by atoms with van der Waals surface area (Å²) in [5.41, 5.74) is 3.55. The Labute approximate surface area is 173 Å². The maximum Gasteiger partial charge on any atom is 0.209 e. The second-order valence-corrected chi connectivity index (χ2v) is 10.3. The first-order valence-corrected chi connectivity index (χ1v) is 12.5. The van der Waals surface area contributed by atoms with E-state index in [1.54, 1.807) is 0 Å². The zero-order valence-electron chi connectivity index (χ0n) is 17.3. The van der Waals surface area contributed by atoms with E-state index in [0.717, 1.165) is 49.9 Å². The molecule has 158 valence electrons. The maximum absolute atomic E-state index is 11.9. The average Bonchev–Trinajstić information content (AvgIpc) is 3.07. The predicted molar refractivity (Wildman–Crippen MR) is 113 cm³/mol. The van der Waals surface area contributed by atoms with Crippen molar-refractivity contribution in [3.63, 3.8) is 0 Å². The second kappa shape index (κ2) is 8.58. The Morgan fingerprint density at radius 3 is 2.55 bits per heavy atom. The number of benzene rings is 1. The number of hydrogen-bond donors (Lipinski definition) is 1. The van der Waals surface area contributed by atoms with E-state index in [1.807, 2.05) is 11.6 Å². The van der Waals surface area contributed by atoms with Gasteiger partial charge in [-0.2, -0.15) is 5.10 Å². The first-order chi connectivity index (χ1) is 13.9. The van der Waals surface area contributed by atoms with E-state index in [2.05, 4.69) is 46.2 Å². The fourth-order valence-electron chi connectivity index (χ4n) is 4.83. The maximum atomic E-state index is 11.9. The van der Waals surface area contributed by atoms with Crippen molar-refractivity contribution in [2.24, 2.45) is 0 Å². The number of ether oxygens (including phenoxy) is 1. The van der Waals surface area contributed by atoms with Crippen LogP contribution in [-0.4, -0.2) is 43.2 Å². The topological polar surface area (TPSA) is 73.2 Å². The lowest BCUT2D eigenvalue weighted by molar-refractivity contribution is -0.00333. The first kappa shape index (κ1) is 20.6. The third-order valence-corrected chi connectivity index (χ3v) is 6.97. The van der Waals surface area contributed by atoms with Gasteiger partial charge < -0.3 is 4.74 Å². The van der Waals surface area contributed by atoms with Crippen LogP contribution in [0.15, 0.2) is 36.4 Å². The number of aryl methyl sites for hydroxylation is 2. The molecule has 2 atom stereocenters. The van der Waals surface area contributed by atoms with E-state index in [4.69, 9.17) is 4.74 Å². The van der Waals surface area contributed by atoms with Crippen molar-refractivity contribution in [2.45, 2.75) is 69.6 Å². The highest BCUT2D eigenvalue weighted by molar-refractivity contribution is 7.88. The van der Waals surface area contributed by atoms with Crippen LogP contribution >= 0.6 is 0 Å². The second-order valence-electron chi connectivity index (χ2n) is 8.54. The lowest BCUT2D eigenvalue weighted by atomic mass is 9.83. The average molecular weight is 418 g/mol. The van der Waals surface area contributed by atoms with Crippen molar-refractivity contribution in [3.05, 3.63) is 53.3 Å². The van der Waals surface area contributed by atoms with Crippen LogP contribution in [-0.2, 0) is 21.2 Å². The first-order valence-electron chi connectivity index (χ1n) is 10.6. The molecule has 1 N–H and O–H groups in total. The number of nitrogens with one attached hydrogen (secondary N) is 1. The molecule has 1 fully saturated rings. The monoisotopic (exact) mass is 417 g/mol. The molecule has 2 heterocycles. The summed E-state index contributed by atoms with van der Waals surface area (Å²) in [7, 11) is -3.28. The molecule has 0 amide bonds. The van der Waals surface area contributed by atoms with Crippen LogP contribution in [0.3, 0.4) is 0 Å². The van der Waals surface area contributed by atoms with Gasteiger partial charge in [-0.15, -0.1) is 0 Å². The Bertz CT molecular complexity index is 918. The van der Waals surface area contributed by atoms with Crippen LogP contribution in [0.25, 0.3) is 0 Å². The molecule has 0 radical (unpaired) electrons. The Hall–Kier alpha value is -1.70. The summed E-state index contributed by atoms with van der Waals surface area (Å²) in [6.45, 7) is 2.47. The number of sulfonamides is 1. The Morgan fingerprint density at radius 1 is 1.14 bits per heavy atom. The minimum atomic E-state index is -3.28. The SMILES string of the molecule is Cc1cc2n(n1)[C@@H](CO[C@H]1CC[C@@H](c3ccccc3)CC1)[C@@H](NS(C)(=O)=O)CC2. The van der Waals surface area contributed by atoms with Crippen LogP contribution in [0.5, 0.6) is 0 Å². The minimum Gasteiger partial charge on any atom is -0.376 e. The summed E-state index contributed by atoms with van der Waals surface area (Å²) >= 11 is 0. The van der Waals surface area contributed by atoms with Crippen molar-refractivity contribution in [3.8, 4) is 0 Å². The molecule has 1 aliphatic carbocycles. The van der Waals surface area contributed by atoms with Gasteiger partial charge in [-0.3, -0.25) is 4.68 Å². The molecule has 6 nitrogen and oxygen atoms in total. The fraction of sp³-hybridized carbons (Fsp3) is 0.591. The van der Waals surface area contributed by atoms with Gasteiger partial charge in [-0.1, -0.05) is 30.3 Å². The van der Waals surface area contributed by atoms with Gasteiger partial charge in [0.1, 0.15) is 0 Å². The van der Waals surface area contributed by atoms with Gasteiger partial charge in [0.25, 0.3) is 0 Å². The summed E-state index contributed by atoms with van der Waals surface area (Å²) in [5.74, 6) is 0.616. The highest BCUT2D eigenvalue weighted by atomic mass is 32.2. The summed E-state index contributed by atoms with van der Waals surface area (Å²) in [5, 5.41) is 4.63. The molecule has 7 heteroatoms. The van der Waals surface area contributed by atoms with E-state index in [-0.39, 0.29) is 18.2 Å². The summed E-state index contributed by atoms with van der Waals surface area (Å²) in [6, 6.07) is 12.5. The Balaban J connectivity index is 1.39. The van der Waals surface area contributed by atoms with Crippen LogP contribution < -0.4 is 4.72 Å². The third-order valence-electron chi connectivity index (χ3n) is 6.24. The van der Waals surface area contributed by atoms with E-state index in [9.17, 15) is 8.42 Å². The van der Waals surface area contributed by atoms with Crippen molar-refractivity contribution >= 4 is 10.0 Å². The van der Waals surface area contributed by atoms with Gasteiger partial charge in [-0.05, 0) is 63.0 Å². The smallest absolute Gasteiger partial charge is 0.209 e. The molecule has 2 aromatic rings. The van der Waals surface area contributed by atoms with Gasteiger partial charge in [0.05, 0.1) is 30.7 Å². The molecule has 1 saturated carbocycles. The highest BCUT2D eigenvalue weighted by Gasteiger charge is 2.33. The number of nitrogens with zero attached hydrogens (tertiary/aromatic N) is 2. The van der Waals surface area contributed by atoms with Crippen LogP contribution in [0.1, 0.15) is 61.0 Å². The van der Waals surface area contributed by atoms with Gasteiger partial charge in [0, 0.05) is 11.7 Å². The Morgan fingerprint density at radius 2 is 1.86 bits per heavy atom. The molecule has 0 spiro atoms. The molecule has 1 aliphatic heterocycles. The number of fused-ring (bicyclic) bond motifs is 1. The van der Waals surface area contributed by atoms with Gasteiger partial charge >= 0.3 is 0 Å². The van der Waals surface area contributed by atoms with Crippen LogP contribution in [0.4, 0.5) is 0 Å². The lowest BCUT2D eigenvalue weighted by Crippen LogP contribution is -2.46. The van der Waals surface area contributed by atoms with Crippen molar-refractivity contribution in [1.29, 1.82) is 0 Å². The molecule has 0 unspecified atom stereocenters. The molecular weight excluding hydrogens is 386 g/mol. The highest BCUT2D eigenvalue weighted by Crippen LogP contribution is 2.35. The van der Waals surface area contributed by atoms with Gasteiger partial charge in [0.15, 0.2) is 0 Å². The molecule has 4 rings (SSSR count). The van der Waals surface area contributed by atoms with Crippen molar-refractivity contribution < 1.29 is 13.2 Å². The van der Waals surface area contributed by atoms with E-state index < -0.39 is 10.0 Å². The zero-order valence-corrected chi connectivity index (χ0v) is 18.1. The quantitative estimate of drug-likeness (QED) is 0.782. The Kier molecular flexibility index (Phi) is 6.08. The molecule has 0 saturated heterocycles. The fourth-order valence-corrected chi connectivity index (χ4v) is 5.66. The molecule has 0 bridgehead atoms. The van der Waals surface area contributed by atoms with Crippen molar-refractivity contribution in [2.75, 3.05) is 12.9 Å². The van der Waals surface area contributed by atoms with Gasteiger partial charge in [-0.25, -0.2) is 13.1 Å². The summed E-state index contributed by atoms with van der Waals surface area (Å²) in [6.07, 6.45) is 7.41. The van der Waals surface area contributed by atoms with Gasteiger partial charge in [0.2, 0.25) is 10.0 Å². The minimum absolute atomic E-state index is 0.103. The number of hydrogen-bond acceptors (Lipinski definition) is 4. The summed E-state index contributed by atoms with van der Waals surface area (Å²) in [4.78, 5) is 0. The molecular formula is C22H31N3O3S. The predicted octanol–water partition coefficient (Wildman–Crippen LogP) is 3.34. The van der Waals surface area contributed by atoms with E-state index in [0.29, 0.717) is 12.5 Å².